The molecule has 4 aromatic rings. The van der Waals surface area contributed by atoms with Crippen LogP contribution in [0, 0.1) is 17.0 Å². The lowest BCUT2D eigenvalue weighted by atomic mass is 10.0. The zero-order valence-corrected chi connectivity index (χ0v) is 17.7. The fourth-order valence-corrected chi connectivity index (χ4v) is 3.75. The number of nitro benzene ring substituents is 1. The molecule has 0 bridgehead atoms. The minimum absolute atomic E-state index is 0.103. The highest BCUT2D eigenvalue weighted by Gasteiger charge is 2.17. The number of para-hydroxylation sites is 1. The van der Waals surface area contributed by atoms with Gasteiger partial charge in [0, 0.05) is 28.1 Å². The van der Waals surface area contributed by atoms with Gasteiger partial charge in [-0.15, -0.1) is 0 Å². The highest BCUT2D eigenvalue weighted by atomic mass is 35.5. The van der Waals surface area contributed by atoms with Crippen LogP contribution in [-0.4, -0.2) is 15.8 Å². The van der Waals surface area contributed by atoms with Gasteiger partial charge in [-0.25, -0.2) is 4.98 Å². The number of rotatable bonds is 4. The summed E-state index contributed by atoms with van der Waals surface area (Å²) in [6.45, 7) is 1.77. The molecule has 4 rings (SSSR count). The average Bonchev–Trinajstić information content (AvgIpc) is 2.74. The Hall–Kier alpha value is -3.48. The van der Waals surface area contributed by atoms with Gasteiger partial charge in [0.05, 0.1) is 32.4 Å². The molecule has 154 valence electrons. The topological polar surface area (TPSA) is 85.1 Å². The Morgan fingerprint density at radius 3 is 2.55 bits per heavy atom. The number of fused-ring (bicyclic) bond motifs is 1. The van der Waals surface area contributed by atoms with E-state index < -0.39 is 10.8 Å². The number of non-ortho nitro benzene ring substituents is 1. The van der Waals surface area contributed by atoms with Crippen LogP contribution in [0.2, 0.25) is 10.0 Å². The molecule has 0 aliphatic rings. The molecular weight excluding hydrogens is 437 g/mol. The minimum Gasteiger partial charge on any atom is -0.321 e. The summed E-state index contributed by atoms with van der Waals surface area (Å²) >= 11 is 12.4. The van der Waals surface area contributed by atoms with Crippen molar-refractivity contribution in [3.8, 4) is 11.3 Å². The summed E-state index contributed by atoms with van der Waals surface area (Å²) in [5, 5.41) is 15.5. The molecule has 1 amide bonds. The standard InChI is InChI=1S/C23H15Cl2N3O3/c1-13-6-8-15(28(30)31)11-21(13)27-23(29)18-12-22(17-9-7-14(24)10-19(17)25)26-20-5-3-2-4-16(18)20/h2-12H,1H3,(H,27,29). The molecular formula is C23H15Cl2N3O3. The van der Waals surface area contributed by atoms with Crippen LogP contribution in [-0.2, 0) is 0 Å². The largest absolute Gasteiger partial charge is 0.321 e. The first kappa shape index (κ1) is 20.8. The molecule has 0 fully saturated rings. The summed E-state index contributed by atoms with van der Waals surface area (Å²) in [6, 6.07) is 18.3. The Morgan fingerprint density at radius 2 is 1.81 bits per heavy atom. The number of nitro groups is 1. The molecule has 0 aliphatic heterocycles. The average molecular weight is 452 g/mol. The van der Waals surface area contributed by atoms with Crippen LogP contribution in [0.1, 0.15) is 15.9 Å². The first-order valence-corrected chi connectivity index (χ1v) is 10.0. The number of anilines is 1. The highest BCUT2D eigenvalue weighted by Crippen LogP contribution is 2.32. The van der Waals surface area contributed by atoms with Crippen molar-refractivity contribution >= 4 is 51.4 Å². The van der Waals surface area contributed by atoms with E-state index in [2.05, 4.69) is 10.3 Å². The lowest BCUT2D eigenvalue weighted by molar-refractivity contribution is -0.384. The number of hydrogen-bond donors (Lipinski definition) is 1. The number of hydrogen-bond acceptors (Lipinski definition) is 4. The lowest BCUT2D eigenvalue weighted by Gasteiger charge is -2.13. The van der Waals surface area contributed by atoms with Crippen LogP contribution < -0.4 is 5.32 Å². The van der Waals surface area contributed by atoms with Crippen molar-refractivity contribution in [2.45, 2.75) is 6.92 Å². The Kier molecular flexibility index (Phi) is 5.59. The predicted molar refractivity (Wildman–Crippen MR) is 123 cm³/mol. The van der Waals surface area contributed by atoms with E-state index in [4.69, 9.17) is 23.2 Å². The molecule has 1 N–H and O–H groups in total. The molecule has 0 saturated carbocycles. The zero-order chi connectivity index (χ0) is 22.1. The van der Waals surface area contributed by atoms with Crippen LogP contribution in [0.5, 0.6) is 0 Å². The second kappa shape index (κ2) is 8.34. The normalized spacial score (nSPS) is 10.8. The maximum atomic E-state index is 13.2. The van der Waals surface area contributed by atoms with Crippen LogP contribution in [0.4, 0.5) is 11.4 Å². The van der Waals surface area contributed by atoms with Crippen LogP contribution in [0.25, 0.3) is 22.2 Å². The molecule has 1 heterocycles. The van der Waals surface area contributed by atoms with E-state index in [1.54, 1.807) is 49.4 Å². The number of amides is 1. The second-order valence-electron chi connectivity index (χ2n) is 6.91. The zero-order valence-electron chi connectivity index (χ0n) is 16.2. The van der Waals surface area contributed by atoms with Gasteiger partial charge in [0.2, 0.25) is 0 Å². The summed E-state index contributed by atoms with van der Waals surface area (Å²) < 4.78 is 0. The van der Waals surface area contributed by atoms with Gasteiger partial charge in [-0.2, -0.15) is 0 Å². The van der Waals surface area contributed by atoms with Crippen LogP contribution in [0.15, 0.2) is 66.7 Å². The highest BCUT2D eigenvalue weighted by molar-refractivity contribution is 6.36. The van der Waals surface area contributed by atoms with Gasteiger partial charge in [0.15, 0.2) is 0 Å². The molecule has 31 heavy (non-hydrogen) atoms. The Morgan fingerprint density at radius 1 is 1.03 bits per heavy atom. The molecule has 0 atom stereocenters. The third-order valence-electron chi connectivity index (χ3n) is 4.85. The molecule has 8 heteroatoms. The van der Waals surface area contributed by atoms with Gasteiger partial charge in [-0.05, 0) is 42.8 Å². The monoisotopic (exact) mass is 451 g/mol. The number of nitrogens with zero attached hydrogens (tertiary/aromatic N) is 2. The number of pyridine rings is 1. The van der Waals surface area contributed by atoms with E-state index in [0.29, 0.717) is 49.0 Å². The fraction of sp³-hybridized carbons (Fsp3) is 0.0435. The maximum Gasteiger partial charge on any atom is 0.271 e. The third kappa shape index (κ3) is 4.21. The van der Waals surface area contributed by atoms with Gasteiger partial charge in [-0.1, -0.05) is 47.5 Å². The number of halogens is 2. The quantitative estimate of drug-likeness (QED) is 0.277. The van der Waals surface area contributed by atoms with Crippen molar-refractivity contribution in [3.63, 3.8) is 0 Å². The summed E-state index contributed by atoms with van der Waals surface area (Å²) in [4.78, 5) is 28.5. The smallest absolute Gasteiger partial charge is 0.271 e. The number of carbonyl (C=O) groups is 1. The van der Waals surface area contributed by atoms with Gasteiger partial charge >= 0.3 is 0 Å². The first-order valence-electron chi connectivity index (χ1n) is 9.25. The van der Waals surface area contributed by atoms with Gasteiger partial charge < -0.3 is 5.32 Å². The minimum atomic E-state index is -0.502. The summed E-state index contributed by atoms with van der Waals surface area (Å²) in [7, 11) is 0. The number of nitrogens with one attached hydrogen (secondary N) is 1. The number of aryl methyl sites for hydroxylation is 1. The van der Waals surface area contributed by atoms with Gasteiger partial charge in [-0.3, -0.25) is 14.9 Å². The van der Waals surface area contributed by atoms with Crippen molar-refractivity contribution in [3.05, 3.63) is 98.0 Å². The molecule has 0 aliphatic carbocycles. The summed E-state index contributed by atoms with van der Waals surface area (Å²) in [5.41, 5.74) is 3.11. The maximum absolute atomic E-state index is 13.2. The van der Waals surface area contributed by atoms with Crippen LogP contribution >= 0.6 is 23.2 Å². The first-order chi connectivity index (χ1) is 14.8. The third-order valence-corrected chi connectivity index (χ3v) is 5.40. The summed E-state index contributed by atoms with van der Waals surface area (Å²) in [5.74, 6) is -0.409. The molecule has 3 aromatic carbocycles. The lowest BCUT2D eigenvalue weighted by Crippen LogP contribution is -2.14. The van der Waals surface area contributed by atoms with Gasteiger partial charge in [0.25, 0.3) is 11.6 Å². The van der Waals surface area contributed by atoms with E-state index in [0.717, 1.165) is 0 Å². The Labute approximate surface area is 187 Å². The molecule has 0 unspecified atom stereocenters. The van der Waals surface area contributed by atoms with Crippen molar-refractivity contribution in [1.82, 2.24) is 4.98 Å². The second-order valence-corrected chi connectivity index (χ2v) is 7.75. The fourth-order valence-electron chi connectivity index (χ4n) is 3.25. The molecule has 1 aromatic heterocycles. The van der Waals surface area contributed by atoms with E-state index in [9.17, 15) is 14.9 Å². The van der Waals surface area contributed by atoms with Gasteiger partial charge in [0.1, 0.15) is 0 Å². The Bertz CT molecular complexity index is 1360. The molecule has 6 nitrogen and oxygen atoms in total. The number of benzene rings is 3. The van der Waals surface area contributed by atoms with E-state index in [1.165, 1.54) is 12.1 Å². The van der Waals surface area contributed by atoms with Crippen molar-refractivity contribution in [1.29, 1.82) is 0 Å². The van der Waals surface area contributed by atoms with E-state index >= 15 is 0 Å². The van der Waals surface area contributed by atoms with Crippen molar-refractivity contribution in [2.24, 2.45) is 0 Å². The Balaban J connectivity index is 1.82. The van der Waals surface area contributed by atoms with E-state index in [-0.39, 0.29) is 5.69 Å². The number of aromatic nitrogens is 1. The van der Waals surface area contributed by atoms with Crippen LogP contribution in [0.3, 0.4) is 0 Å². The molecule has 0 radical (unpaired) electrons. The molecule has 0 spiro atoms. The SMILES string of the molecule is Cc1ccc([N+](=O)[O-])cc1NC(=O)c1cc(-c2ccc(Cl)cc2Cl)nc2ccccc12. The van der Waals surface area contributed by atoms with Crippen molar-refractivity contribution in [2.75, 3.05) is 5.32 Å². The predicted octanol–water partition coefficient (Wildman–Crippen LogP) is 6.68. The molecule has 0 saturated heterocycles. The number of carbonyl (C=O) groups excluding carboxylic acids is 1. The van der Waals surface area contributed by atoms with Crippen molar-refractivity contribution < 1.29 is 9.72 Å². The summed E-state index contributed by atoms with van der Waals surface area (Å²) in [6.07, 6.45) is 0. The van der Waals surface area contributed by atoms with E-state index in [1.807, 2.05) is 12.1 Å².